The molecule has 0 radical (unpaired) electrons. The number of halogens is 1. The Morgan fingerprint density at radius 1 is 1.32 bits per heavy atom. The first-order valence-corrected chi connectivity index (χ1v) is 9.76. The molecule has 1 aliphatic heterocycles. The molecule has 2 aromatic carbocycles. The second-order valence-electron chi connectivity index (χ2n) is 6.34. The van der Waals surface area contributed by atoms with Crippen LogP contribution in [0.25, 0.3) is 0 Å². The lowest BCUT2D eigenvalue weighted by Crippen LogP contribution is -2.24. The number of nitriles is 1. The molecule has 1 heterocycles. The van der Waals surface area contributed by atoms with Crippen LogP contribution in [0.3, 0.4) is 0 Å². The van der Waals surface area contributed by atoms with Crippen molar-refractivity contribution in [3.05, 3.63) is 57.6 Å². The number of rotatable bonds is 6. The SMILES string of the molecule is CCOc1cc(C#N)cc(Br)c1OC(=O)c1cccc(CN2CCCC2=O)c1. The van der Waals surface area contributed by atoms with Crippen LogP contribution < -0.4 is 9.47 Å². The quantitative estimate of drug-likeness (QED) is 0.497. The third-order valence-electron chi connectivity index (χ3n) is 4.34. The summed E-state index contributed by atoms with van der Waals surface area (Å²) in [6.45, 7) is 3.39. The average molecular weight is 443 g/mol. The van der Waals surface area contributed by atoms with E-state index in [-0.39, 0.29) is 11.7 Å². The van der Waals surface area contributed by atoms with Crippen LogP contribution in [0, 0.1) is 11.3 Å². The van der Waals surface area contributed by atoms with Crippen molar-refractivity contribution in [3.8, 4) is 17.6 Å². The number of benzene rings is 2. The molecular weight excluding hydrogens is 424 g/mol. The largest absolute Gasteiger partial charge is 0.490 e. The summed E-state index contributed by atoms with van der Waals surface area (Å²) in [7, 11) is 0. The minimum atomic E-state index is -0.541. The lowest BCUT2D eigenvalue weighted by molar-refractivity contribution is -0.128. The minimum Gasteiger partial charge on any atom is -0.490 e. The molecular formula is C21H19BrN2O4. The highest BCUT2D eigenvalue weighted by Crippen LogP contribution is 2.37. The average Bonchev–Trinajstić information content (AvgIpc) is 3.09. The van der Waals surface area contributed by atoms with Crippen molar-refractivity contribution in [2.45, 2.75) is 26.3 Å². The summed E-state index contributed by atoms with van der Waals surface area (Å²) in [4.78, 5) is 26.3. The van der Waals surface area contributed by atoms with E-state index in [1.165, 1.54) is 6.07 Å². The third-order valence-corrected chi connectivity index (χ3v) is 4.93. The first-order valence-electron chi connectivity index (χ1n) is 8.97. The Labute approximate surface area is 171 Å². The van der Waals surface area contributed by atoms with E-state index < -0.39 is 5.97 Å². The standard InChI is InChI=1S/C21H19BrN2O4/c1-2-27-18-11-15(12-23)10-17(22)20(18)28-21(26)16-6-3-5-14(9-16)13-24-8-4-7-19(24)25/h3,5-6,9-11H,2,4,7-8,13H2,1H3. The van der Waals surface area contributed by atoms with Gasteiger partial charge in [0.15, 0.2) is 11.5 Å². The second-order valence-corrected chi connectivity index (χ2v) is 7.19. The van der Waals surface area contributed by atoms with Gasteiger partial charge in [0.05, 0.1) is 28.3 Å². The van der Waals surface area contributed by atoms with Gasteiger partial charge < -0.3 is 14.4 Å². The van der Waals surface area contributed by atoms with E-state index >= 15 is 0 Å². The number of likely N-dealkylation sites (tertiary alicyclic amines) is 1. The van der Waals surface area contributed by atoms with Gasteiger partial charge in [-0.3, -0.25) is 4.79 Å². The number of amides is 1. The van der Waals surface area contributed by atoms with Crippen molar-refractivity contribution in [1.29, 1.82) is 5.26 Å². The van der Waals surface area contributed by atoms with Gasteiger partial charge in [0.1, 0.15) is 0 Å². The summed E-state index contributed by atoms with van der Waals surface area (Å²) in [5.74, 6) is 0.142. The van der Waals surface area contributed by atoms with E-state index in [1.54, 1.807) is 29.2 Å². The van der Waals surface area contributed by atoms with Crippen LogP contribution in [0.15, 0.2) is 40.9 Å². The van der Waals surface area contributed by atoms with Gasteiger partial charge in [-0.2, -0.15) is 5.26 Å². The van der Waals surface area contributed by atoms with Gasteiger partial charge in [-0.05, 0) is 53.0 Å². The summed E-state index contributed by atoms with van der Waals surface area (Å²) in [5.41, 5.74) is 1.64. The number of hydrogen-bond acceptors (Lipinski definition) is 5. The number of nitrogens with zero attached hydrogens (tertiary/aromatic N) is 2. The molecule has 0 aliphatic carbocycles. The Balaban J connectivity index is 1.81. The molecule has 0 saturated carbocycles. The molecule has 3 rings (SSSR count). The predicted molar refractivity (Wildman–Crippen MR) is 106 cm³/mol. The van der Waals surface area contributed by atoms with Crippen molar-refractivity contribution in [1.82, 2.24) is 4.90 Å². The fraction of sp³-hybridized carbons (Fsp3) is 0.286. The van der Waals surface area contributed by atoms with Crippen molar-refractivity contribution >= 4 is 27.8 Å². The Morgan fingerprint density at radius 3 is 2.82 bits per heavy atom. The molecule has 0 bridgehead atoms. The van der Waals surface area contributed by atoms with E-state index in [4.69, 9.17) is 14.7 Å². The number of esters is 1. The van der Waals surface area contributed by atoms with Gasteiger partial charge in [0.25, 0.3) is 0 Å². The Bertz CT molecular complexity index is 952. The molecule has 7 heteroatoms. The second kappa shape index (κ2) is 8.89. The van der Waals surface area contributed by atoms with E-state index in [9.17, 15) is 9.59 Å². The van der Waals surface area contributed by atoms with E-state index in [1.807, 2.05) is 19.1 Å². The molecule has 0 N–H and O–H groups in total. The summed E-state index contributed by atoms with van der Waals surface area (Å²) < 4.78 is 11.5. The maximum atomic E-state index is 12.7. The fourth-order valence-corrected chi connectivity index (χ4v) is 3.56. The van der Waals surface area contributed by atoms with Crippen LogP contribution in [0.2, 0.25) is 0 Å². The monoisotopic (exact) mass is 442 g/mol. The Morgan fingerprint density at radius 2 is 2.14 bits per heavy atom. The van der Waals surface area contributed by atoms with Gasteiger partial charge in [-0.1, -0.05) is 12.1 Å². The molecule has 144 valence electrons. The molecule has 0 unspecified atom stereocenters. The molecule has 6 nitrogen and oxygen atoms in total. The summed E-state index contributed by atoms with van der Waals surface area (Å²) in [6, 6.07) is 12.2. The zero-order valence-corrected chi connectivity index (χ0v) is 17.0. The molecule has 1 amide bonds. The normalized spacial score (nSPS) is 13.3. The lowest BCUT2D eigenvalue weighted by atomic mass is 10.1. The van der Waals surface area contributed by atoms with Gasteiger partial charge in [-0.25, -0.2) is 4.79 Å². The number of ether oxygens (including phenoxy) is 2. The zero-order chi connectivity index (χ0) is 20.1. The van der Waals surface area contributed by atoms with E-state index in [2.05, 4.69) is 15.9 Å². The molecule has 1 aliphatic rings. The molecule has 28 heavy (non-hydrogen) atoms. The maximum Gasteiger partial charge on any atom is 0.343 e. The molecule has 0 atom stereocenters. The molecule has 0 aromatic heterocycles. The topological polar surface area (TPSA) is 79.6 Å². The van der Waals surface area contributed by atoms with Crippen molar-refractivity contribution in [2.75, 3.05) is 13.2 Å². The van der Waals surface area contributed by atoms with Crippen molar-refractivity contribution in [3.63, 3.8) is 0 Å². The van der Waals surface area contributed by atoms with Gasteiger partial charge in [0.2, 0.25) is 5.91 Å². The van der Waals surface area contributed by atoms with Gasteiger partial charge in [-0.15, -0.1) is 0 Å². The highest BCUT2D eigenvalue weighted by atomic mass is 79.9. The highest BCUT2D eigenvalue weighted by Gasteiger charge is 2.21. The van der Waals surface area contributed by atoms with Crippen LogP contribution in [0.1, 0.15) is 41.3 Å². The fourth-order valence-electron chi connectivity index (χ4n) is 3.03. The van der Waals surface area contributed by atoms with Gasteiger partial charge in [0, 0.05) is 25.6 Å². The lowest BCUT2D eigenvalue weighted by Gasteiger charge is -2.16. The first kappa shape index (κ1) is 19.9. The van der Waals surface area contributed by atoms with Gasteiger partial charge >= 0.3 is 5.97 Å². The van der Waals surface area contributed by atoms with Crippen molar-refractivity contribution in [2.24, 2.45) is 0 Å². The number of carbonyl (C=O) groups is 2. The van der Waals surface area contributed by atoms with Crippen molar-refractivity contribution < 1.29 is 19.1 Å². The van der Waals surface area contributed by atoms with Crippen LogP contribution >= 0.6 is 15.9 Å². The molecule has 2 aromatic rings. The molecule has 1 saturated heterocycles. The van der Waals surface area contributed by atoms with E-state index in [0.717, 1.165) is 18.5 Å². The minimum absolute atomic E-state index is 0.135. The smallest absolute Gasteiger partial charge is 0.343 e. The Hall–Kier alpha value is -2.85. The van der Waals surface area contributed by atoms with Crippen LogP contribution in [-0.4, -0.2) is 29.9 Å². The summed E-state index contributed by atoms with van der Waals surface area (Å²) in [6.07, 6.45) is 1.45. The molecule has 1 fully saturated rings. The zero-order valence-electron chi connectivity index (χ0n) is 15.4. The van der Waals surface area contributed by atoms with Crippen LogP contribution in [0.5, 0.6) is 11.5 Å². The predicted octanol–water partition coefficient (Wildman–Crippen LogP) is 4.06. The highest BCUT2D eigenvalue weighted by molar-refractivity contribution is 9.10. The van der Waals surface area contributed by atoms with Crippen LogP contribution in [0.4, 0.5) is 0 Å². The summed E-state index contributed by atoms with van der Waals surface area (Å²) in [5, 5.41) is 9.11. The first-order chi connectivity index (χ1) is 13.5. The summed E-state index contributed by atoms with van der Waals surface area (Å²) >= 11 is 3.34. The molecule has 0 spiro atoms. The number of hydrogen-bond donors (Lipinski definition) is 0. The maximum absolute atomic E-state index is 12.7. The third kappa shape index (κ3) is 4.52. The Kier molecular flexibility index (Phi) is 6.32. The van der Waals surface area contributed by atoms with E-state index in [0.29, 0.717) is 40.9 Å². The number of carbonyl (C=O) groups excluding carboxylic acids is 2. The van der Waals surface area contributed by atoms with Crippen LogP contribution in [-0.2, 0) is 11.3 Å².